The highest BCUT2D eigenvalue weighted by Gasteiger charge is 2.10. The van der Waals surface area contributed by atoms with Crippen molar-refractivity contribution in [2.45, 2.75) is 19.4 Å². The van der Waals surface area contributed by atoms with E-state index in [4.69, 9.17) is 6.42 Å². The van der Waals surface area contributed by atoms with Crippen LogP contribution in [0.4, 0.5) is 0 Å². The summed E-state index contributed by atoms with van der Waals surface area (Å²) < 4.78 is 2.08. The first-order chi connectivity index (χ1) is 7.19. The lowest BCUT2D eigenvalue weighted by molar-refractivity contribution is 0.624. The third kappa shape index (κ3) is 3.64. The third-order valence-electron chi connectivity index (χ3n) is 2.03. The standard InChI is InChI=1S/C12H13Br2N/c1-3-7-15-12(4-2)10-8-9(13)5-6-11(10)14/h2,5-6,8,12,15H,3,7H2,1H3. The average Bonchev–Trinajstić information content (AvgIpc) is 2.24. The molecule has 0 saturated carbocycles. The Labute approximate surface area is 108 Å². The van der Waals surface area contributed by atoms with Crippen LogP contribution in [0.15, 0.2) is 27.1 Å². The van der Waals surface area contributed by atoms with E-state index in [1.165, 1.54) is 0 Å². The van der Waals surface area contributed by atoms with Crippen molar-refractivity contribution in [1.29, 1.82) is 0 Å². The Morgan fingerprint density at radius 2 is 2.20 bits per heavy atom. The van der Waals surface area contributed by atoms with Crippen molar-refractivity contribution in [1.82, 2.24) is 5.32 Å². The van der Waals surface area contributed by atoms with Gasteiger partial charge >= 0.3 is 0 Å². The molecule has 0 aliphatic carbocycles. The fourth-order valence-corrected chi connectivity index (χ4v) is 2.14. The molecule has 0 fully saturated rings. The topological polar surface area (TPSA) is 12.0 Å². The smallest absolute Gasteiger partial charge is 0.0954 e. The van der Waals surface area contributed by atoms with Crippen LogP contribution in [0, 0.1) is 12.3 Å². The van der Waals surface area contributed by atoms with Crippen LogP contribution >= 0.6 is 31.9 Å². The number of terminal acetylenes is 1. The Balaban J connectivity index is 2.91. The van der Waals surface area contributed by atoms with E-state index in [1.54, 1.807) is 0 Å². The van der Waals surface area contributed by atoms with Gasteiger partial charge in [-0.3, -0.25) is 5.32 Å². The Kier molecular flexibility index (Phi) is 5.38. The monoisotopic (exact) mass is 329 g/mol. The van der Waals surface area contributed by atoms with Gasteiger partial charge < -0.3 is 0 Å². The molecule has 1 nitrogen and oxygen atoms in total. The van der Waals surface area contributed by atoms with Gasteiger partial charge in [0.25, 0.3) is 0 Å². The predicted octanol–water partition coefficient (Wildman–Crippen LogP) is 3.89. The molecule has 80 valence electrons. The molecule has 1 N–H and O–H groups in total. The maximum atomic E-state index is 5.52. The fraction of sp³-hybridized carbons (Fsp3) is 0.333. The van der Waals surface area contributed by atoms with Crippen LogP contribution in [0.5, 0.6) is 0 Å². The summed E-state index contributed by atoms with van der Waals surface area (Å²) in [6, 6.07) is 5.99. The van der Waals surface area contributed by atoms with Gasteiger partial charge in [-0.2, -0.15) is 0 Å². The summed E-state index contributed by atoms with van der Waals surface area (Å²) >= 11 is 6.95. The maximum Gasteiger partial charge on any atom is 0.0954 e. The van der Waals surface area contributed by atoms with Crippen molar-refractivity contribution in [2.24, 2.45) is 0 Å². The first-order valence-electron chi connectivity index (χ1n) is 4.83. The third-order valence-corrected chi connectivity index (χ3v) is 3.25. The Morgan fingerprint density at radius 3 is 2.80 bits per heavy atom. The molecule has 0 aliphatic rings. The molecule has 3 heteroatoms. The van der Waals surface area contributed by atoms with Crippen molar-refractivity contribution < 1.29 is 0 Å². The summed E-state index contributed by atoms with van der Waals surface area (Å²) in [5.41, 5.74) is 1.10. The zero-order valence-corrected chi connectivity index (χ0v) is 11.7. The van der Waals surface area contributed by atoms with Crippen molar-refractivity contribution >= 4 is 31.9 Å². The van der Waals surface area contributed by atoms with Crippen LogP contribution in [0.1, 0.15) is 24.9 Å². The van der Waals surface area contributed by atoms with Crippen LogP contribution in [0.2, 0.25) is 0 Å². The summed E-state index contributed by atoms with van der Waals surface area (Å²) in [6.45, 7) is 3.05. The van der Waals surface area contributed by atoms with E-state index < -0.39 is 0 Å². The normalized spacial score (nSPS) is 12.1. The minimum absolute atomic E-state index is 0.0307. The summed E-state index contributed by atoms with van der Waals surface area (Å²) in [6.07, 6.45) is 6.59. The van der Waals surface area contributed by atoms with Gasteiger partial charge in [0.1, 0.15) is 0 Å². The van der Waals surface area contributed by atoms with E-state index in [9.17, 15) is 0 Å². The van der Waals surface area contributed by atoms with E-state index in [2.05, 4.69) is 50.0 Å². The summed E-state index contributed by atoms with van der Waals surface area (Å²) in [7, 11) is 0. The molecular weight excluding hydrogens is 318 g/mol. The zero-order valence-electron chi connectivity index (χ0n) is 8.56. The van der Waals surface area contributed by atoms with Gasteiger partial charge in [-0.05, 0) is 36.7 Å². The first-order valence-corrected chi connectivity index (χ1v) is 6.42. The van der Waals surface area contributed by atoms with Crippen LogP contribution in [-0.2, 0) is 0 Å². The largest absolute Gasteiger partial charge is 0.300 e. The molecule has 1 aromatic rings. The Bertz CT molecular complexity index is 368. The first kappa shape index (κ1) is 12.8. The van der Waals surface area contributed by atoms with E-state index in [1.807, 2.05) is 18.2 Å². The lowest BCUT2D eigenvalue weighted by Crippen LogP contribution is -2.21. The minimum atomic E-state index is -0.0307. The van der Waals surface area contributed by atoms with Gasteiger partial charge in [0.2, 0.25) is 0 Å². The van der Waals surface area contributed by atoms with Crippen molar-refractivity contribution in [3.05, 3.63) is 32.7 Å². The van der Waals surface area contributed by atoms with Crippen molar-refractivity contribution in [3.8, 4) is 12.3 Å². The number of rotatable bonds is 4. The molecular formula is C12H13Br2N. The second-order valence-corrected chi connectivity index (χ2v) is 4.99. The highest BCUT2D eigenvalue weighted by molar-refractivity contribution is 9.11. The van der Waals surface area contributed by atoms with Gasteiger partial charge in [-0.25, -0.2) is 0 Å². The lowest BCUT2D eigenvalue weighted by Gasteiger charge is -2.14. The number of hydrogen-bond donors (Lipinski definition) is 1. The molecule has 0 saturated heterocycles. The highest BCUT2D eigenvalue weighted by Crippen LogP contribution is 2.26. The van der Waals surface area contributed by atoms with Gasteiger partial charge in [-0.1, -0.05) is 44.7 Å². The molecule has 0 spiro atoms. The molecule has 0 bridgehead atoms. The van der Waals surface area contributed by atoms with E-state index >= 15 is 0 Å². The average molecular weight is 331 g/mol. The number of hydrogen-bond acceptors (Lipinski definition) is 1. The fourth-order valence-electron chi connectivity index (χ4n) is 1.28. The molecule has 0 aliphatic heterocycles. The molecule has 15 heavy (non-hydrogen) atoms. The summed E-state index contributed by atoms with van der Waals surface area (Å²) in [5.74, 6) is 2.76. The number of nitrogens with one attached hydrogen (secondary N) is 1. The molecule has 1 atom stereocenters. The van der Waals surface area contributed by atoms with E-state index in [0.717, 1.165) is 27.5 Å². The van der Waals surface area contributed by atoms with Crippen LogP contribution in [-0.4, -0.2) is 6.54 Å². The lowest BCUT2D eigenvalue weighted by atomic mass is 10.1. The van der Waals surface area contributed by atoms with Gasteiger partial charge in [0.05, 0.1) is 6.04 Å². The molecule has 0 radical (unpaired) electrons. The van der Waals surface area contributed by atoms with Gasteiger partial charge in [0.15, 0.2) is 0 Å². The number of benzene rings is 1. The quantitative estimate of drug-likeness (QED) is 0.826. The second-order valence-electron chi connectivity index (χ2n) is 3.22. The highest BCUT2D eigenvalue weighted by atomic mass is 79.9. The van der Waals surface area contributed by atoms with Crippen molar-refractivity contribution in [2.75, 3.05) is 6.54 Å². The second kappa shape index (κ2) is 6.32. The summed E-state index contributed by atoms with van der Waals surface area (Å²) in [5, 5.41) is 3.32. The van der Waals surface area contributed by atoms with Gasteiger partial charge in [0, 0.05) is 8.95 Å². The molecule has 0 amide bonds. The minimum Gasteiger partial charge on any atom is -0.300 e. The molecule has 1 unspecified atom stereocenters. The Morgan fingerprint density at radius 1 is 1.47 bits per heavy atom. The van der Waals surface area contributed by atoms with E-state index in [-0.39, 0.29) is 6.04 Å². The van der Waals surface area contributed by atoms with Gasteiger partial charge in [-0.15, -0.1) is 6.42 Å². The zero-order chi connectivity index (χ0) is 11.3. The maximum absolute atomic E-state index is 5.52. The molecule has 0 heterocycles. The van der Waals surface area contributed by atoms with Crippen LogP contribution in [0.3, 0.4) is 0 Å². The van der Waals surface area contributed by atoms with Crippen LogP contribution in [0.25, 0.3) is 0 Å². The Hall–Kier alpha value is -0.300. The van der Waals surface area contributed by atoms with E-state index in [0.29, 0.717) is 0 Å². The van der Waals surface area contributed by atoms with Crippen LogP contribution < -0.4 is 5.32 Å². The molecule has 1 rings (SSSR count). The molecule has 1 aromatic carbocycles. The van der Waals surface area contributed by atoms with Crippen molar-refractivity contribution in [3.63, 3.8) is 0 Å². The predicted molar refractivity (Wildman–Crippen MR) is 71.7 cm³/mol. The summed E-state index contributed by atoms with van der Waals surface area (Å²) in [4.78, 5) is 0. The molecule has 0 aromatic heterocycles. The SMILES string of the molecule is C#CC(NCCC)c1cc(Br)ccc1Br. The number of halogens is 2.